The normalized spacial score (nSPS) is 12.3. The number of ether oxygens (including phenoxy) is 1. The van der Waals surface area contributed by atoms with E-state index in [-0.39, 0.29) is 35.0 Å². The van der Waals surface area contributed by atoms with E-state index in [4.69, 9.17) is 16.3 Å². The molecule has 0 aliphatic heterocycles. The Morgan fingerprint density at radius 3 is 2.56 bits per heavy atom. The van der Waals surface area contributed by atoms with Gasteiger partial charge in [-0.25, -0.2) is 27.2 Å². The lowest BCUT2D eigenvalue weighted by molar-refractivity contribution is -0.124. The summed E-state index contributed by atoms with van der Waals surface area (Å²) in [5.41, 5.74) is 0.784. The van der Waals surface area contributed by atoms with Crippen molar-refractivity contribution in [2.75, 3.05) is 18.9 Å². The summed E-state index contributed by atoms with van der Waals surface area (Å²) in [5.74, 6) is -3.27. The van der Waals surface area contributed by atoms with Crippen molar-refractivity contribution in [3.8, 4) is 17.0 Å². The van der Waals surface area contributed by atoms with E-state index in [9.17, 15) is 26.8 Å². The molecule has 0 saturated heterocycles. The maximum atomic E-state index is 14.3. The molecular weight excluding hydrogens is 556 g/mol. The van der Waals surface area contributed by atoms with Crippen LogP contribution in [0.5, 0.6) is 5.88 Å². The number of methoxy groups -OCH3 is 1. The minimum absolute atomic E-state index is 0.117. The van der Waals surface area contributed by atoms with Gasteiger partial charge >= 0.3 is 0 Å². The highest BCUT2D eigenvalue weighted by molar-refractivity contribution is 7.92. The molecule has 0 bridgehead atoms. The second-order valence-corrected chi connectivity index (χ2v) is 10.6. The van der Waals surface area contributed by atoms with E-state index >= 15 is 0 Å². The minimum Gasteiger partial charge on any atom is -0.480 e. The first-order valence-electron chi connectivity index (χ1n) is 11.4. The first-order valence-corrected chi connectivity index (χ1v) is 13.2. The molecule has 4 rings (SSSR count). The SMILES string of the molecule is CNC(=O)[C@H](C)Cn1cnc2ccc(-c3cnc(OC)c(NS(=O)(=O)c4cc(Cl)c(F)cc4F)c3)cc2c1=O. The molecule has 0 aliphatic rings. The van der Waals surface area contributed by atoms with Gasteiger partial charge in [0.25, 0.3) is 15.6 Å². The van der Waals surface area contributed by atoms with Gasteiger partial charge < -0.3 is 10.1 Å². The maximum absolute atomic E-state index is 14.3. The van der Waals surface area contributed by atoms with E-state index in [2.05, 4.69) is 20.0 Å². The number of amides is 1. The highest BCUT2D eigenvalue weighted by atomic mass is 35.5. The average Bonchev–Trinajstić information content (AvgIpc) is 2.91. The van der Waals surface area contributed by atoms with Gasteiger partial charge in [-0.15, -0.1) is 0 Å². The number of rotatable bonds is 8. The Labute approximate surface area is 226 Å². The first-order chi connectivity index (χ1) is 18.4. The number of hydrogen-bond donors (Lipinski definition) is 2. The molecule has 10 nitrogen and oxygen atoms in total. The molecule has 0 unspecified atom stereocenters. The van der Waals surface area contributed by atoms with Gasteiger partial charge in [-0.05, 0) is 29.8 Å². The summed E-state index contributed by atoms with van der Waals surface area (Å²) in [7, 11) is -1.80. The fourth-order valence-electron chi connectivity index (χ4n) is 3.85. The Kier molecular flexibility index (Phi) is 7.84. The van der Waals surface area contributed by atoms with Crippen LogP contribution < -0.4 is 20.3 Å². The van der Waals surface area contributed by atoms with Crippen molar-refractivity contribution in [1.82, 2.24) is 19.9 Å². The summed E-state index contributed by atoms with van der Waals surface area (Å²) in [6.07, 6.45) is 2.77. The van der Waals surface area contributed by atoms with E-state index in [0.29, 0.717) is 28.8 Å². The lowest BCUT2D eigenvalue weighted by Crippen LogP contribution is -2.32. The summed E-state index contributed by atoms with van der Waals surface area (Å²) in [6.45, 7) is 1.80. The Morgan fingerprint density at radius 1 is 1.13 bits per heavy atom. The third-order valence-electron chi connectivity index (χ3n) is 5.88. The molecule has 0 radical (unpaired) electrons. The molecule has 2 aromatic heterocycles. The van der Waals surface area contributed by atoms with Crippen LogP contribution in [-0.2, 0) is 21.4 Å². The van der Waals surface area contributed by atoms with Gasteiger partial charge in [0.2, 0.25) is 11.8 Å². The molecule has 0 aliphatic carbocycles. The van der Waals surface area contributed by atoms with Crippen LogP contribution in [0.1, 0.15) is 6.92 Å². The second-order valence-electron chi connectivity index (χ2n) is 8.53. The molecule has 1 atom stereocenters. The van der Waals surface area contributed by atoms with Crippen molar-refractivity contribution in [1.29, 1.82) is 0 Å². The predicted molar refractivity (Wildman–Crippen MR) is 141 cm³/mol. The highest BCUT2D eigenvalue weighted by Crippen LogP contribution is 2.32. The molecule has 0 spiro atoms. The Hall–Kier alpha value is -4.10. The van der Waals surface area contributed by atoms with Crippen LogP contribution >= 0.6 is 11.6 Å². The first kappa shape index (κ1) is 27.9. The van der Waals surface area contributed by atoms with E-state index in [0.717, 1.165) is 0 Å². The summed E-state index contributed by atoms with van der Waals surface area (Å²) in [5, 5.41) is 2.23. The van der Waals surface area contributed by atoms with Crippen LogP contribution in [0.2, 0.25) is 5.02 Å². The molecule has 2 N–H and O–H groups in total. The van der Waals surface area contributed by atoms with Crippen molar-refractivity contribution < 1.29 is 26.7 Å². The minimum atomic E-state index is -4.57. The summed E-state index contributed by atoms with van der Waals surface area (Å²) in [6, 6.07) is 7.25. The lowest BCUT2D eigenvalue weighted by atomic mass is 10.0. The Balaban J connectivity index is 1.74. The topological polar surface area (TPSA) is 132 Å². The summed E-state index contributed by atoms with van der Waals surface area (Å²) >= 11 is 5.66. The smallest absolute Gasteiger partial charge is 0.265 e. The number of nitrogens with zero attached hydrogens (tertiary/aromatic N) is 3. The largest absolute Gasteiger partial charge is 0.480 e. The molecule has 2 heterocycles. The number of halogens is 3. The van der Waals surface area contributed by atoms with Crippen LogP contribution in [0.15, 0.2) is 58.6 Å². The molecule has 4 aromatic rings. The van der Waals surface area contributed by atoms with Gasteiger partial charge in [-0.2, -0.15) is 0 Å². The van der Waals surface area contributed by atoms with Gasteiger partial charge in [0.15, 0.2) is 0 Å². The van der Waals surface area contributed by atoms with Crippen molar-refractivity contribution in [2.24, 2.45) is 5.92 Å². The number of carbonyl (C=O) groups is 1. The van der Waals surface area contributed by atoms with Crippen LogP contribution in [-0.4, -0.2) is 43.0 Å². The zero-order chi connectivity index (χ0) is 28.5. The third kappa shape index (κ3) is 5.68. The number of pyridine rings is 1. The van der Waals surface area contributed by atoms with Gasteiger partial charge in [0.1, 0.15) is 22.2 Å². The number of nitrogens with one attached hydrogen (secondary N) is 2. The predicted octanol–water partition coefficient (Wildman–Crippen LogP) is 3.58. The molecular formula is C25H22ClF2N5O5S. The number of benzene rings is 2. The molecule has 1 amide bonds. The fourth-order valence-corrected chi connectivity index (χ4v) is 5.21. The number of anilines is 1. The number of carbonyl (C=O) groups excluding carboxylic acids is 1. The van der Waals surface area contributed by atoms with Crippen molar-refractivity contribution in [3.63, 3.8) is 0 Å². The van der Waals surface area contributed by atoms with Crippen molar-refractivity contribution in [2.45, 2.75) is 18.4 Å². The van der Waals surface area contributed by atoms with Gasteiger partial charge in [0, 0.05) is 31.4 Å². The molecule has 0 saturated carbocycles. The zero-order valence-electron chi connectivity index (χ0n) is 20.8. The van der Waals surface area contributed by atoms with Crippen LogP contribution in [0.25, 0.3) is 22.0 Å². The third-order valence-corrected chi connectivity index (χ3v) is 7.55. The number of hydrogen-bond acceptors (Lipinski definition) is 7. The number of fused-ring (bicyclic) bond motifs is 1. The van der Waals surface area contributed by atoms with E-state index in [1.807, 2.05) is 0 Å². The standard InChI is InChI=1S/C25H22ClF2N5O5S/c1-13(23(34)29-2)11-33-12-31-20-5-4-14(6-16(20)25(33)35)15-7-21(24(38-3)30-10-15)32-39(36,37)22-8-17(26)18(27)9-19(22)28/h4-10,12-13,32H,11H2,1-3H3,(H,29,34)/t13-/m1/s1. The van der Waals surface area contributed by atoms with E-state index in [1.165, 1.54) is 37.3 Å². The van der Waals surface area contributed by atoms with Crippen molar-refractivity contribution in [3.05, 3.63) is 75.9 Å². The second kappa shape index (κ2) is 10.9. The number of aromatic nitrogens is 3. The molecule has 0 fully saturated rings. The fraction of sp³-hybridized carbons (Fsp3) is 0.200. The van der Waals surface area contributed by atoms with Crippen LogP contribution in [0.4, 0.5) is 14.5 Å². The molecule has 2 aromatic carbocycles. The highest BCUT2D eigenvalue weighted by Gasteiger charge is 2.24. The van der Waals surface area contributed by atoms with Gasteiger partial charge in [0.05, 0.1) is 35.3 Å². The lowest BCUT2D eigenvalue weighted by Gasteiger charge is -2.14. The number of sulfonamides is 1. The quantitative estimate of drug-likeness (QED) is 0.306. The molecule has 14 heteroatoms. The summed E-state index contributed by atoms with van der Waals surface area (Å²) < 4.78 is 62.4. The Morgan fingerprint density at radius 2 is 1.87 bits per heavy atom. The van der Waals surface area contributed by atoms with E-state index < -0.39 is 37.5 Å². The van der Waals surface area contributed by atoms with Gasteiger partial charge in [-0.1, -0.05) is 24.6 Å². The zero-order valence-corrected chi connectivity index (χ0v) is 22.4. The van der Waals surface area contributed by atoms with Crippen molar-refractivity contribution >= 4 is 44.1 Å². The summed E-state index contributed by atoms with van der Waals surface area (Å²) in [4.78, 5) is 32.6. The Bertz CT molecular complexity index is 1760. The van der Waals surface area contributed by atoms with Crippen LogP contribution in [0, 0.1) is 17.6 Å². The van der Waals surface area contributed by atoms with Crippen LogP contribution in [0.3, 0.4) is 0 Å². The van der Waals surface area contributed by atoms with Gasteiger partial charge in [-0.3, -0.25) is 18.9 Å². The molecule has 39 heavy (non-hydrogen) atoms. The van der Waals surface area contributed by atoms with E-state index in [1.54, 1.807) is 25.1 Å². The maximum Gasteiger partial charge on any atom is 0.265 e. The average molecular weight is 578 g/mol. The molecule has 204 valence electrons. The monoisotopic (exact) mass is 577 g/mol.